The van der Waals surface area contributed by atoms with Gasteiger partial charge in [-0.1, -0.05) is 6.42 Å². The number of hydrogen-bond acceptors (Lipinski definition) is 3. The van der Waals surface area contributed by atoms with E-state index in [4.69, 9.17) is 4.74 Å². The highest BCUT2D eigenvalue weighted by Crippen LogP contribution is 2.39. The lowest BCUT2D eigenvalue weighted by Crippen LogP contribution is -2.39. The lowest BCUT2D eigenvalue weighted by Gasteiger charge is -2.38. The molecule has 80 valence electrons. The summed E-state index contributed by atoms with van der Waals surface area (Å²) in [5.74, 6) is 0.594. The van der Waals surface area contributed by atoms with Crippen LogP contribution >= 0.6 is 0 Å². The van der Waals surface area contributed by atoms with Gasteiger partial charge in [0, 0.05) is 13.0 Å². The van der Waals surface area contributed by atoms with Crippen LogP contribution in [0.15, 0.2) is 10.2 Å². The van der Waals surface area contributed by atoms with Crippen LogP contribution in [0.2, 0.25) is 0 Å². The summed E-state index contributed by atoms with van der Waals surface area (Å²) in [4.78, 5) is 0. The fourth-order valence-electron chi connectivity index (χ4n) is 1.93. The number of ether oxygens (including phenoxy) is 1. The summed E-state index contributed by atoms with van der Waals surface area (Å²) >= 11 is 0. The second-order valence-electron chi connectivity index (χ2n) is 4.69. The molecule has 0 bridgehead atoms. The molecule has 1 unspecified atom stereocenters. The molecule has 3 nitrogen and oxygen atoms in total. The topological polar surface area (TPSA) is 34.0 Å². The van der Waals surface area contributed by atoms with E-state index in [1.54, 1.807) is 7.11 Å². The summed E-state index contributed by atoms with van der Waals surface area (Å²) in [6.07, 6.45) is 7.56. The maximum Gasteiger partial charge on any atom is 0.178 e. The van der Waals surface area contributed by atoms with Gasteiger partial charge in [-0.25, -0.2) is 0 Å². The summed E-state index contributed by atoms with van der Waals surface area (Å²) in [5.41, 5.74) is -0.339. The number of nitrogens with zero attached hydrogens (tertiary/aromatic N) is 2. The van der Waals surface area contributed by atoms with Gasteiger partial charge in [-0.2, -0.15) is 10.2 Å². The van der Waals surface area contributed by atoms with Gasteiger partial charge in [0.25, 0.3) is 0 Å². The molecule has 1 atom stereocenters. The number of methoxy groups -OCH3 is 1. The average molecular weight is 196 g/mol. The van der Waals surface area contributed by atoms with Crippen molar-refractivity contribution < 1.29 is 4.74 Å². The van der Waals surface area contributed by atoms with Crippen LogP contribution in [0.25, 0.3) is 0 Å². The molecular formula is C11H20N2O. The molecule has 0 amide bonds. The molecule has 0 spiro atoms. The predicted molar refractivity (Wildman–Crippen MR) is 55.3 cm³/mol. The van der Waals surface area contributed by atoms with Crippen LogP contribution in [0.4, 0.5) is 0 Å². The molecule has 0 N–H and O–H groups in total. The van der Waals surface area contributed by atoms with Gasteiger partial charge in [-0.15, -0.1) is 0 Å². The van der Waals surface area contributed by atoms with Gasteiger partial charge in [-0.05, 0) is 39.0 Å². The Morgan fingerprint density at radius 3 is 2.14 bits per heavy atom. The minimum atomic E-state index is -0.339. The second-order valence-corrected chi connectivity index (χ2v) is 4.69. The quantitative estimate of drug-likeness (QED) is 0.636. The Morgan fingerprint density at radius 2 is 1.79 bits per heavy atom. The normalized spacial score (nSPS) is 28.4. The van der Waals surface area contributed by atoms with Gasteiger partial charge >= 0.3 is 0 Å². The Labute approximate surface area is 85.9 Å². The molecule has 0 aromatic carbocycles. The minimum Gasteiger partial charge on any atom is -0.355 e. The zero-order chi connectivity index (χ0) is 10.0. The summed E-state index contributed by atoms with van der Waals surface area (Å²) in [6.45, 7) is 2.07. The first-order valence-corrected chi connectivity index (χ1v) is 5.72. The minimum absolute atomic E-state index is 0.339. The van der Waals surface area contributed by atoms with E-state index >= 15 is 0 Å². The van der Waals surface area contributed by atoms with Crippen molar-refractivity contribution in [2.75, 3.05) is 7.11 Å². The molecule has 0 aromatic rings. The third kappa shape index (κ3) is 1.83. The fourth-order valence-corrected chi connectivity index (χ4v) is 1.93. The Kier molecular flexibility index (Phi) is 2.86. The van der Waals surface area contributed by atoms with Crippen LogP contribution in [0.3, 0.4) is 0 Å². The summed E-state index contributed by atoms with van der Waals surface area (Å²) in [5, 5.41) is 8.80. The number of azo groups is 1. The SMILES string of the molecule is COC(C)(N=NC1CCC1)C1CCC1. The van der Waals surface area contributed by atoms with Crippen LogP contribution in [0, 0.1) is 5.92 Å². The number of rotatable bonds is 4. The van der Waals surface area contributed by atoms with Gasteiger partial charge in [0.1, 0.15) is 0 Å². The van der Waals surface area contributed by atoms with E-state index in [-0.39, 0.29) is 5.72 Å². The van der Waals surface area contributed by atoms with E-state index in [9.17, 15) is 0 Å². The lowest BCUT2D eigenvalue weighted by molar-refractivity contribution is -0.0696. The summed E-state index contributed by atoms with van der Waals surface area (Å²) in [7, 11) is 1.75. The first-order chi connectivity index (χ1) is 6.74. The van der Waals surface area contributed by atoms with E-state index in [0.29, 0.717) is 12.0 Å². The molecule has 3 heteroatoms. The highest BCUT2D eigenvalue weighted by atomic mass is 16.5. The molecule has 0 saturated heterocycles. The first-order valence-electron chi connectivity index (χ1n) is 5.72. The average Bonchev–Trinajstić information content (AvgIpc) is 1.98. The molecule has 2 fully saturated rings. The Balaban J connectivity index is 1.92. The van der Waals surface area contributed by atoms with Gasteiger partial charge in [0.15, 0.2) is 5.72 Å². The van der Waals surface area contributed by atoms with Gasteiger partial charge in [0.2, 0.25) is 0 Å². The monoisotopic (exact) mass is 196 g/mol. The molecule has 0 aromatic heterocycles. The third-order valence-electron chi connectivity index (χ3n) is 3.77. The Bertz CT molecular complexity index is 221. The van der Waals surface area contributed by atoms with Crippen molar-refractivity contribution in [3.8, 4) is 0 Å². The van der Waals surface area contributed by atoms with Crippen LogP contribution in [0.5, 0.6) is 0 Å². The molecule has 2 rings (SSSR count). The van der Waals surface area contributed by atoms with Crippen LogP contribution in [-0.2, 0) is 4.74 Å². The maximum absolute atomic E-state index is 5.50. The molecular weight excluding hydrogens is 176 g/mol. The predicted octanol–water partition coefficient (Wildman–Crippen LogP) is 3.15. The highest BCUT2D eigenvalue weighted by Gasteiger charge is 2.38. The van der Waals surface area contributed by atoms with Crippen LogP contribution in [0.1, 0.15) is 45.4 Å². The van der Waals surface area contributed by atoms with E-state index in [0.717, 1.165) is 0 Å². The molecule has 2 aliphatic carbocycles. The molecule has 0 heterocycles. The van der Waals surface area contributed by atoms with Crippen molar-refractivity contribution in [2.45, 2.75) is 57.2 Å². The van der Waals surface area contributed by atoms with Crippen LogP contribution < -0.4 is 0 Å². The van der Waals surface area contributed by atoms with Crippen LogP contribution in [-0.4, -0.2) is 18.9 Å². The third-order valence-corrected chi connectivity index (χ3v) is 3.77. The van der Waals surface area contributed by atoms with Crippen molar-refractivity contribution in [3.05, 3.63) is 0 Å². The summed E-state index contributed by atoms with van der Waals surface area (Å²) < 4.78 is 5.50. The molecule has 14 heavy (non-hydrogen) atoms. The molecule has 0 aliphatic heterocycles. The van der Waals surface area contributed by atoms with E-state index < -0.39 is 0 Å². The lowest BCUT2D eigenvalue weighted by atomic mass is 9.78. The van der Waals surface area contributed by atoms with E-state index in [2.05, 4.69) is 17.2 Å². The standard InChI is InChI=1S/C11H20N2O/c1-11(14-2,9-5-3-6-9)13-12-10-7-4-8-10/h9-10H,3-8H2,1-2H3. The smallest absolute Gasteiger partial charge is 0.178 e. The van der Waals surface area contributed by atoms with Crippen molar-refractivity contribution in [1.29, 1.82) is 0 Å². The van der Waals surface area contributed by atoms with Crippen molar-refractivity contribution in [3.63, 3.8) is 0 Å². The van der Waals surface area contributed by atoms with Gasteiger partial charge < -0.3 is 4.74 Å². The molecule has 0 radical (unpaired) electrons. The highest BCUT2D eigenvalue weighted by molar-refractivity contribution is 4.87. The zero-order valence-electron chi connectivity index (χ0n) is 9.20. The maximum atomic E-state index is 5.50. The van der Waals surface area contributed by atoms with Crippen molar-refractivity contribution in [1.82, 2.24) is 0 Å². The molecule has 2 aliphatic rings. The van der Waals surface area contributed by atoms with Gasteiger partial charge in [0.05, 0.1) is 6.04 Å². The van der Waals surface area contributed by atoms with Gasteiger partial charge in [-0.3, -0.25) is 0 Å². The number of hydrogen-bond donors (Lipinski definition) is 0. The Hall–Kier alpha value is -0.440. The van der Waals surface area contributed by atoms with Crippen molar-refractivity contribution >= 4 is 0 Å². The summed E-state index contributed by atoms with van der Waals surface area (Å²) in [6, 6.07) is 0.490. The second kappa shape index (κ2) is 3.97. The van der Waals surface area contributed by atoms with Crippen molar-refractivity contribution in [2.24, 2.45) is 16.1 Å². The molecule has 2 saturated carbocycles. The largest absolute Gasteiger partial charge is 0.355 e. The van der Waals surface area contributed by atoms with E-state index in [1.807, 2.05) is 0 Å². The zero-order valence-corrected chi connectivity index (χ0v) is 9.20. The van der Waals surface area contributed by atoms with E-state index in [1.165, 1.54) is 38.5 Å². The Morgan fingerprint density at radius 1 is 1.14 bits per heavy atom. The fraction of sp³-hybridized carbons (Fsp3) is 1.00. The first kappa shape index (κ1) is 10.1.